The van der Waals surface area contributed by atoms with Gasteiger partial charge in [-0.15, -0.1) is 5.10 Å². The highest BCUT2D eigenvalue weighted by Gasteiger charge is 2.43. The van der Waals surface area contributed by atoms with Crippen molar-refractivity contribution in [2.45, 2.75) is 45.8 Å². The molecular weight excluding hydrogens is 332 g/mol. The first-order chi connectivity index (χ1) is 12.4. The first-order valence-electron chi connectivity index (χ1n) is 9.01. The maximum absolute atomic E-state index is 12.7. The minimum atomic E-state index is -0.307. The van der Waals surface area contributed by atoms with Gasteiger partial charge in [0, 0.05) is 43.5 Å². The fraction of sp³-hybridized carbons (Fsp3) is 0.556. The van der Waals surface area contributed by atoms with Crippen LogP contribution < -0.4 is 5.32 Å². The fourth-order valence-corrected chi connectivity index (χ4v) is 3.53. The molecule has 1 aliphatic rings. The molecule has 2 aromatic rings. The lowest BCUT2D eigenvalue weighted by Crippen LogP contribution is -2.49. The molecule has 26 heavy (non-hydrogen) atoms. The van der Waals surface area contributed by atoms with E-state index < -0.39 is 0 Å². The molecule has 1 fully saturated rings. The van der Waals surface area contributed by atoms with Crippen molar-refractivity contribution in [1.82, 2.24) is 29.8 Å². The maximum atomic E-state index is 12.7. The molecule has 8 heteroatoms. The van der Waals surface area contributed by atoms with Gasteiger partial charge >= 0.3 is 0 Å². The van der Waals surface area contributed by atoms with E-state index >= 15 is 0 Å². The van der Waals surface area contributed by atoms with E-state index in [4.69, 9.17) is 0 Å². The number of aryl methyl sites for hydroxylation is 1. The van der Waals surface area contributed by atoms with E-state index in [0.29, 0.717) is 31.9 Å². The zero-order valence-corrected chi connectivity index (χ0v) is 15.6. The molecule has 1 atom stereocenters. The molecular formula is C18H26N6O2. The molecule has 2 aromatic heterocycles. The van der Waals surface area contributed by atoms with E-state index in [9.17, 15) is 9.59 Å². The van der Waals surface area contributed by atoms with Crippen LogP contribution in [-0.4, -0.2) is 54.9 Å². The highest BCUT2D eigenvalue weighted by atomic mass is 16.2. The summed E-state index contributed by atoms with van der Waals surface area (Å²) in [6.45, 7) is 8.31. The Morgan fingerprint density at radius 1 is 1.31 bits per heavy atom. The van der Waals surface area contributed by atoms with Gasteiger partial charge in [-0.2, -0.15) is 0 Å². The fourth-order valence-electron chi connectivity index (χ4n) is 3.53. The van der Waals surface area contributed by atoms with Crippen molar-refractivity contribution in [3.63, 3.8) is 0 Å². The number of nitrogens with zero attached hydrogens (tertiary/aromatic N) is 5. The zero-order valence-electron chi connectivity index (χ0n) is 15.6. The Labute approximate surface area is 153 Å². The van der Waals surface area contributed by atoms with Crippen molar-refractivity contribution in [2.75, 3.05) is 13.1 Å². The summed E-state index contributed by atoms with van der Waals surface area (Å²) < 4.78 is 3.50. The first-order valence-corrected chi connectivity index (χ1v) is 9.01. The summed E-state index contributed by atoms with van der Waals surface area (Å²) in [7, 11) is 0. The molecule has 0 bridgehead atoms. The van der Waals surface area contributed by atoms with Gasteiger partial charge in [0.1, 0.15) is 6.54 Å². The number of amides is 2. The van der Waals surface area contributed by atoms with Gasteiger partial charge < -0.3 is 14.8 Å². The summed E-state index contributed by atoms with van der Waals surface area (Å²) in [5, 5.41) is 10.7. The Kier molecular flexibility index (Phi) is 5.11. The molecule has 1 N–H and O–H groups in total. The molecule has 3 rings (SSSR count). The van der Waals surface area contributed by atoms with Crippen LogP contribution in [0.1, 0.15) is 37.7 Å². The van der Waals surface area contributed by atoms with Crippen LogP contribution in [0.25, 0.3) is 0 Å². The summed E-state index contributed by atoms with van der Waals surface area (Å²) >= 11 is 0. The third kappa shape index (κ3) is 3.63. The number of nitrogens with one attached hydrogen (secondary N) is 1. The van der Waals surface area contributed by atoms with Crippen LogP contribution >= 0.6 is 0 Å². The first kappa shape index (κ1) is 18.2. The van der Waals surface area contributed by atoms with Crippen LogP contribution in [0.15, 0.2) is 30.7 Å². The quantitative estimate of drug-likeness (QED) is 0.840. The molecule has 1 aliphatic heterocycles. The van der Waals surface area contributed by atoms with E-state index in [0.717, 1.165) is 6.42 Å². The summed E-state index contributed by atoms with van der Waals surface area (Å²) in [6, 6.07) is 3.82. The SMILES string of the molecule is CCn1cc(C(=O)NCC2CCN(C(=O)Cn3cccc3)C2(C)C)nn1. The van der Waals surface area contributed by atoms with Crippen molar-refractivity contribution < 1.29 is 9.59 Å². The highest BCUT2D eigenvalue weighted by Crippen LogP contribution is 2.34. The Bertz CT molecular complexity index is 765. The smallest absolute Gasteiger partial charge is 0.273 e. The molecule has 2 amide bonds. The van der Waals surface area contributed by atoms with E-state index in [1.54, 1.807) is 10.9 Å². The third-order valence-electron chi connectivity index (χ3n) is 5.29. The topological polar surface area (TPSA) is 85.0 Å². The minimum Gasteiger partial charge on any atom is -0.350 e. The van der Waals surface area contributed by atoms with Crippen LogP contribution in [0.5, 0.6) is 0 Å². The van der Waals surface area contributed by atoms with Gasteiger partial charge in [-0.1, -0.05) is 5.21 Å². The zero-order chi connectivity index (χ0) is 18.7. The number of likely N-dealkylation sites (tertiary alicyclic amines) is 1. The van der Waals surface area contributed by atoms with E-state index in [2.05, 4.69) is 29.5 Å². The molecule has 3 heterocycles. The number of carbonyl (C=O) groups is 2. The molecule has 1 saturated heterocycles. The molecule has 0 radical (unpaired) electrons. The van der Waals surface area contributed by atoms with Crippen LogP contribution in [0, 0.1) is 5.92 Å². The van der Waals surface area contributed by atoms with Crippen molar-refractivity contribution in [3.8, 4) is 0 Å². The lowest BCUT2D eigenvalue weighted by molar-refractivity contribution is -0.135. The van der Waals surface area contributed by atoms with Gasteiger partial charge in [0.2, 0.25) is 5.91 Å². The second kappa shape index (κ2) is 7.31. The maximum Gasteiger partial charge on any atom is 0.273 e. The van der Waals surface area contributed by atoms with Gasteiger partial charge in [-0.3, -0.25) is 14.3 Å². The van der Waals surface area contributed by atoms with Crippen LogP contribution in [0.3, 0.4) is 0 Å². The molecule has 0 saturated carbocycles. The summed E-state index contributed by atoms with van der Waals surface area (Å²) in [6.07, 6.45) is 6.29. The Morgan fingerprint density at radius 3 is 2.69 bits per heavy atom. The molecule has 0 aliphatic carbocycles. The summed E-state index contributed by atoms with van der Waals surface area (Å²) in [4.78, 5) is 26.9. The number of rotatable bonds is 6. The summed E-state index contributed by atoms with van der Waals surface area (Å²) in [5.41, 5.74) is 0.0154. The predicted octanol–water partition coefficient (Wildman–Crippen LogP) is 1.16. The van der Waals surface area contributed by atoms with Crippen molar-refractivity contribution >= 4 is 11.8 Å². The average Bonchev–Trinajstić information content (AvgIpc) is 3.32. The summed E-state index contributed by atoms with van der Waals surface area (Å²) in [5.74, 6) is 0.0739. The van der Waals surface area contributed by atoms with Crippen molar-refractivity contribution in [2.24, 2.45) is 5.92 Å². The van der Waals surface area contributed by atoms with Gasteiger partial charge in [0.25, 0.3) is 5.91 Å². The van der Waals surface area contributed by atoms with Gasteiger partial charge in [-0.25, -0.2) is 0 Å². The molecule has 8 nitrogen and oxygen atoms in total. The molecule has 1 unspecified atom stereocenters. The standard InChI is InChI=1S/C18H26N6O2/c1-4-23-12-15(20-21-23)17(26)19-11-14-7-10-24(18(14,2)3)16(25)13-22-8-5-6-9-22/h5-6,8-9,12,14H,4,7,10-11,13H2,1-3H3,(H,19,26). The molecule has 0 aromatic carbocycles. The van der Waals surface area contributed by atoms with Crippen LogP contribution in [0.4, 0.5) is 0 Å². The lowest BCUT2D eigenvalue weighted by atomic mass is 9.88. The lowest BCUT2D eigenvalue weighted by Gasteiger charge is -2.36. The third-order valence-corrected chi connectivity index (χ3v) is 5.29. The Balaban J connectivity index is 1.57. The average molecular weight is 358 g/mol. The van der Waals surface area contributed by atoms with Crippen LogP contribution in [-0.2, 0) is 17.9 Å². The minimum absolute atomic E-state index is 0.103. The normalized spacial score (nSPS) is 18.9. The number of aromatic nitrogens is 4. The monoisotopic (exact) mass is 358 g/mol. The molecule has 0 spiro atoms. The van der Waals surface area contributed by atoms with E-state index in [-0.39, 0.29) is 23.3 Å². The predicted molar refractivity (Wildman–Crippen MR) is 96.4 cm³/mol. The van der Waals surface area contributed by atoms with Gasteiger partial charge in [0.05, 0.1) is 6.20 Å². The Hall–Kier alpha value is -2.64. The van der Waals surface area contributed by atoms with Gasteiger partial charge in [-0.05, 0) is 39.3 Å². The van der Waals surface area contributed by atoms with Crippen LogP contribution in [0.2, 0.25) is 0 Å². The van der Waals surface area contributed by atoms with E-state index in [1.165, 1.54) is 0 Å². The van der Waals surface area contributed by atoms with Crippen molar-refractivity contribution in [1.29, 1.82) is 0 Å². The second-order valence-corrected chi connectivity index (χ2v) is 7.21. The number of hydrogen-bond donors (Lipinski definition) is 1. The van der Waals surface area contributed by atoms with E-state index in [1.807, 2.05) is 40.9 Å². The van der Waals surface area contributed by atoms with Gasteiger partial charge in [0.15, 0.2) is 5.69 Å². The second-order valence-electron chi connectivity index (χ2n) is 7.21. The number of carbonyl (C=O) groups excluding carboxylic acids is 2. The molecule has 140 valence electrons. The van der Waals surface area contributed by atoms with Crippen molar-refractivity contribution in [3.05, 3.63) is 36.4 Å². The highest BCUT2D eigenvalue weighted by molar-refractivity contribution is 5.91. The largest absolute Gasteiger partial charge is 0.350 e. The Morgan fingerprint density at radius 2 is 2.04 bits per heavy atom. The number of hydrogen-bond acceptors (Lipinski definition) is 4.